The number of aliphatic imine (C=N–C) groups is 1. The molecule has 0 saturated carbocycles. The van der Waals surface area contributed by atoms with E-state index in [1.54, 1.807) is 13.0 Å². The molecule has 0 saturated heterocycles. The van der Waals surface area contributed by atoms with E-state index >= 15 is 0 Å². The average molecular weight is 247 g/mol. The summed E-state index contributed by atoms with van der Waals surface area (Å²) < 4.78 is 16.6. The number of carbonyl (C=O) groups excluding carboxylic acids is 1. The highest BCUT2D eigenvalue weighted by molar-refractivity contribution is 6.15. The van der Waals surface area contributed by atoms with Gasteiger partial charge in [-0.05, 0) is 27.7 Å². The monoisotopic (exact) mass is 247 g/mol. The first-order valence-electron chi connectivity index (χ1n) is 5.50. The van der Waals surface area contributed by atoms with Gasteiger partial charge in [-0.2, -0.15) is 4.99 Å². The van der Waals surface area contributed by atoms with Crippen LogP contribution >= 0.6 is 0 Å². The highest BCUT2D eigenvalue weighted by Crippen LogP contribution is 2.29. The second kappa shape index (κ2) is 6.93. The summed E-state index contributed by atoms with van der Waals surface area (Å²) in [5.74, 6) is -1.03. The molecule has 94 valence electrons. The Morgan fingerprint density at radius 1 is 1.12 bits per heavy atom. The van der Waals surface area contributed by atoms with E-state index in [2.05, 4.69) is 4.99 Å². The Balaban J connectivity index is 5.14. The zero-order valence-corrected chi connectivity index (χ0v) is 12.7. The molecule has 1 atom stereocenters. The van der Waals surface area contributed by atoms with Crippen molar-refractivity contribution < 1.29 is 19.0 Å². The molecule has 0 rings (SSSR count). The highest BCUT2D eigenvalue weighted by atomic mass is 28.1. The van der Waals surface area contributed by atoms with E-state index in [-0.39, 0.29) is 0 Å². The van der Waals surface area contributed by atoms with Crippen molar-refractivity contribution in [2.24, 2.45) is 4.99 Å². The van der Waals surface area contributed by atoms with Crippen LogP contribution in [0.4, 0.5) is 0 Å². The summed E-state index contributed by atoms with van der Waals surface area (Å²) in [7, 11) is 0.473. The number of hydrogen-bond donors (Lipinski definition) is 0. The fourth-order valence-electron chi connectivity index (χ4n) is 1.49. The first-order valence-corrected chi connectivity index (χ1v) is 6.50. The van der Waals surface area contributed by atoms with E-state index in [0.717, 1.165) is 0 Å². The van der Waals surface area contributed by atoms with Crippen LogP contribution in [-0.4, -0.2) is 47.3 Å². The van der Waals surface area contributed by atoms with Crippen molar-refractivity contribution in [1.29, 1.82) is 0 Å². The van der Waals surface area contributed by atoms with Gasteiger partial charge in [-0.15, -0.1) is 0 Å². The van der Waals surface area contributed by atoms with Crippen LogP contribution in [0.2, 0.25) is 0 Å². The molecule has 0 spiro atoms. The third-order valence-corrected chi connectivity index (χ3v) is 3.79. The summed E-state index contributed by atoms with van der Waals surface area (Å²) in [4.78, 5) is 14.2. The van der Waals surface area contributed by atoms with E-state index < -0.39 is 11.1 Å². The number of nitrogens with zero attached hydrogens (tertiary/aromatic N) is 1. The molecule has 0 aromatic rings. The summed E-state index contributed by atoms with van der Waals surface area (Å²) in [6, 6.07) is 0. The Morgan fingerprint density at radius 3 is 1.88 bits per heavy atom. The summed E-state index contributed by atoms with van der Waals surface area (Å²) in [6.45, 7) is 8.65. The van der Waals surface area contributed by atoms with Crippen LogP contribution in [0.1, 0.15) is 27.7 Å². The molecule has 1 unspecified atom stereocenters. The van der Waals surface area contributed by atoms with E-state index in [0.29, 0.717) is 30.1 Å². The zero-order valence-electron chi connectivity index (χ0n) is 10.7. The molecule has 0 aliphatic carbocycles. The van der Waals surface area contributed by atoms with Crippen LogP contribution in [0.25, 0.3) is 0 Å². The van der Waals surface area contributed by atoms with Crippen molar-refractivity contribution in [2.45, 2.75) is 38.8 Å². The fraction of sp³-hybridized carbons (Fsp3) is 0.900. The molecular weight excluding hydrogens is 226 g/mol. The zero-order chi connectivity index (χ0) is 12.7. The van der Waals surface area contributed by atoms with Crippen molar-refractivity contribution in [3.63, 3.8) is 0 Å². The Morgan fingerprint density at radius 2 is 1.56 bits per heavy atom. The number of isocyanates is 1. The second-order valence-corrected chi connectivity index (χ2v) is 4.79. The van der Waals surface area contributed by atoms with E-state index in [4.69, 9.17) is 14.2 Å². The Bertz CT molecular complexity index is 249. The lowest BCUT2D eigenvalue weighted by Gasteiger charge is -2.41. The number of hydrogen-bond acceptors (Lipinski definition) is 5. The maximum atomic E-state index is 10.5. The molecule has 0 heterocycles. The van der Waals surface area contributed by atoms with E-state index in [1.807, 2.05) is 20.8 Å². The topological polar surface area (TPSA) is 57.1 Å². The van der Waals surface area contributed by atoms with Gasteiger partial charge in [0.25, 0.3) is 0 Å². The van der Waals surface area contributed by atoms with Gasteiger partial charge in [0.2, 0.25) is 11.9 Å². The van der Waals surface area contributed by atoms with Crippen molar-refractivity contribution >= 4 is 16.3 Å². The quantitative estimate of drug-likeness (QED) is 0.265. The van der Waals surface area contributed by atoms with Crippen LogP contribution < -0.4 is 0 Å². The SMILES string of the molecule is CCOC([SiH3])(N=C=O)C(C)(OCC)OCC. The predicted octanol–water partition coefficient (Wildman–Crippen LogP) is 0.167. The first kappa shape index (κ1) is 15.5. The van der Waals surface area contributed by atoms with Crippen molar-refractivity contribution in [3.05, 3.63) is 0 Å². The molecule has 0 N–H and O–H groups in total. The molecule has 0 aliphatic rings. The summed E-state index contributed by atoms with van der Waals surface area (Å²) in [5, 5.41) is -1.05. The minimum absolute atomic E-state index is 0.435. The van der Waals surface area contributed by atoms with Gasteiger partial charge < -0.3 is 14.2 Å². The lowest BCUT2D eigenvalue weighted by atomic mass is 10.2. The van der Waals surface area contributed by atoms with Crippen LogP contribution in [0.3, 0.4) is 0 Å². The van der Waals surface area contributed by atoms with Gasteiger partial charge in [-0.3, -0.25) is 0 Å². The molecule has 0 fully saturated rings. The summed E-state index contributed by atoms with van der Waals surface area (Å²) >= 11 is 0. The predicted molar refractivity (Wildman–Crippen MR) is 64.1 cm³/mol. The highest BCUT2D eigenvalue weighted by Gasteiger charge is 2.48. The molecule has 0 bridgehead atoms. The lowest BCUT2D eigenvalue weighted by molar-refractivity contribution is -0.291. The van der Waals surface area contributed by atoms with Gasteiger partial charge in [0.1, 0.15) is 0 Å². The standard InChI is InChI=1S/C10H21NO4Si/c1-5-13-9(4,14-6-2)10(16,11-8-12)15-7-3/h5-7H2,1-4,16H3. The lowest BCUT2D eigenvalue weighted by Crippen LogP contribution is -2.57. The van der Waals surface area contributed by atoms with Gasteiger partial charge in [-0.25, -0.2) is 4.79 Å². The average Bonchev–Trinajstić information content (AvgIpc) is 2.19. The maximum Gasteiger partial charge on any atom is 0.237 e. The van der Waals surface area contributed by atoms with Crippen LogP contribution in [0.15, 0.2) is 4.99 Å². The number of ether oxygens (including phenoxy) is 3. The largest absolute Gasteiger partial charge is 0.353 e. The van der Waals surface area contributed by atoms with Crippen LogP contribution in [0.5, 0.6) is 0 Å². The molecule has 0 aliphatic heterocycles. The molecule has 0 amide bonds. The third-order valence-electron chi connectivity index (χ3n) is 2.37. The fourth-order valence-corrected chi connectivity index (χ4v) is 2.16. The van der Waals surface area contributed by atoms with Crippen molar-refractivity contribution in [3.8, 4) is 0 Å². The van der Waals surface area contributed by atoms with Gasteiger partial charge in [-0.1, -0.05) is 0 Å². The maximum absolute atomic E-state index is 10.5. The first-order chi connectivity index (χ1) is 7.49. The molecule has 0 radical (unpaired) electrons. The Kier molecular flexibility index (Phi) is 6.70. The van der Waals surface area contributed by atoms with Crippen LogP contribution in [-0.2, 0) is 19.0 Å². The molecule has 6 heteroatoms. The molecule has 0 aromatic heterocycles. The van der Waals surface area contributed by atoms with E-state index in [1.165, 1.54) is 0 Å². The normalized spacial score (nSPS) is 15.5. The van der Waals surface area contributed by atoms with Gasteiger partial charge in [0.05, 0.1) is 10.2 Å². The van der Waals surface area contributed by atoms with E-state index in [9.17, 15) is 4.79 Å². The molecule has 16 heavy (non-hydrogen) atoms. The minimum atomic E-state index is -1.05. The third kappa shape index (κ3) is 3.50. The van der Waals surface area contributed by atoms with Crippen molar-refractivity contribution in [2.75, 3.05) is 19.8 Å². The molecular formula is C10H21NO4Si. The second-order valence-electron chi connectivity index (χ2n) is 3.43. The summed E-state index contributed by atoms with van der Waals surface area (Å²) in [5.41, 5.74) is 0. The van der Waals surface area contributed by atoms with Gasteiger partial charge in [0.15, 0.2) is 5.35 Å². The van der Waals surface area contributed by atoms with Crippen molar-refractivity contribution in [1.82, 2.24) is 0 Å². The Hall–Kier alpha value is -0.523. The van der Waals surface area contributed by atoms with Gasteiger partial charge in [0, 0.05) is 19.8 Å². The van der Waals surface area contributed by atoms with Crippen LogP contribution in [0, 0.1) is 0 Å². The molecule has 5 nitrogen and oxygen atoms in total. The molecule has 0 aromatic carbocycles. The number of rotatable bonds is 8. The smallest absolute Gasteiger partial charge is 0.237 e. The summed E-state index contributed by atoms with van der Waals surface area (Å²) in [6.07, 6.45) is 1.54. The van der Waals surface area contributed by atoms with Gasteiger partial charge >= 0.3 is 0 Å². The Labute approximate surface area is 99.6 Å². The minimum Gasteiger partial charge on any atom is -0.353 e.